The topological polar surface area (TPSA) is 113 Å². The van der Waals surface area contributed by atoms with Crippen molar-refractivity contribution in [2.45, 2.75) is 44.2 Å². The summed E-state index contributed by atoms with van der Waals surface area (Å²) in [6.07, 6.45) is -9.11. The molecule has 0 fully saturated rings. The number of alkyl halides is 6. The first kappa shape index (κ1) is 26.9. The number of carboxylic acids is 1. The van der Waals surface area contributed by atoms with Crippen LogP contribution < -0.4 is 16.0 Å². The molecule has 0 aliphatic carbocycles. The van der Waals surface area contributed by atoms with Crippen LogP contribution in [0.25, 0.3) is 10.8 Å². The molecule has 1 heterocycles. The molecule has 0 radical (unpaired) electrons. The molecular formula is C21H21F6N3O4. The van der Waals surface area contributed by atoms with Gasteiger partial charge < -0.3 is 16.2 Å². The summed E-state index contributed by atoms with van der Waals surface area (Å²) in [6, 6.07) is 9.24. The summed E-state index contributed by atoms with van der Waals surface area (Å²) >= 11 is 0. The van der Waals surface area contributed by atoms with Crippen molar-refractivity contribution >= 4 is 34.2 Å². The molecule has 2 atom stereocenters. The zero-order valence-electron chi connectivity index (χ0n) is 17.7. The summed E-state index contributed by atoms with van der Waals surface area (Å²) < 4.78 is 69.2. The first-order chi connectivity index (χ1) is 15.7. The molecule has 3 rings (SSSR count). The standard InChI is InChI=1S/C19H20F3N3O2.C2HF3O2/c1-2-14(23)18(27)25-15-8-12-6-4-3-5-11(12)7-13(15)9-16(25)17(26)24-10-19(20,21)22;3-2(4,5)1(6)7/h3-8,14,16H,2,9-10,23H2,1H3,(H,24,26);(H,6,7)/t14-,16-;/m0./s1. The van der Waals surface area contributed by atoms with Crippen molar-refractivity contribution in [2.24, 2.45) is 5.73 Å². The molecule has 2 aromatic rings. The molecule has 2 aromatic carbocycles. The SMILES string of the molecule is CC[C@H](N)C(=O)N1c2cc3ccccc3cc2C[C@H]1C(=O)NCC(F)(F)F.O=C(O)C(F)(F)F. The summed E-state index contributed by atoms with van der Waals surface area (Å²) in [5.74, 6) is -4.07. The Hall–Kier alpha value is -3.35. The second-order valence-corrected chi connectivity index (χ2v) is 7.41. The van der Waals surface area contributed by atoms with Crippen LogP contribution in [0.1, 0.15) is 18.9 Å². The van der Waals surface area contributed by atoms with Crippen LogP contribution in [0.5, 0.6) is 0 Å². The van der Waals surface area contributed by atoms with Gasteiger partial charge in [0.2, 0.25) is 11.8 Å². The van der Waals surface area contributed by atoms with Crippen molar-refractivity contribution in [3.63, 3.8) is 0 Å². The lowest BCUT2D eigenvalue weighted by molar-refractivity contribution is -0.192. The molecule has 186 valence electrons. The smallest absolute Gasteiger partial charge is 0.475 e. The first-order valence-corrected chi connectivity index (χ1v) is 9.90. The van der Waals surface area contributed by atoms with Crippen LogP contribution in [0, 0.1) is 0 Å². The molecule has 4 N–H and O–H groups in total. The van der Waals surface area contributed by atoms with E-state index in [0.29, 0.717) is 12.1 Å². The summed E-state index contributed by atoms with van der Waals surface area (Å²) in [6.45, 7) is 0.293. The van der Waals surface area contributed by atoms with Gasteiger partial charge in [-0.25, -0.2) is 4.79 Å². The third-order valence-corrected chi connectivity index (χ3v) is 4.93. The number of anilines is 1. The predicted octanol–water partition coefficient (Wildman–Crippen LogP) is 3.15. The number of benzene rings is 2. The van der Waals surface area contributed by atoms with Crippen LogP contribution in [-0.2, 0) is 20.8 Å². The fraction of sp³-hybridized carbons (Fsp3) is 0.381. The number of nitrogens with one attached hydrogen (secondary N) is 1. The van der Waals surface area contributed by atoms with E-state index in [1.165, 1.54) is 4.90 Å². The minimum atomic E-state index is -5.08. The third-order valence-electron chi connectivity index (χ3n) is 4.93. The van der Waals surface area contributed by atoms with Crippen molar-refractivity contribution in [1.82, 2.24) is 5.32 Å². The van der Waals surface area contributed by atoms with E-state index >= 15 is 0 Å². The van der Waals surface area contributed by atoms with Crippen LogP contribution in [0.4, 0.5) is 32.0 Å². The number of carbonyl (C=O) groups is 3. The van der Waals surface area contributed by atoms with Crippen molar-refractivity contribution in [2.75, 3.05) is 11.4 Å². The monoisotopic (exact) mass is 493 g/mol. The summed E-state index contributed by atoms with van der Waals surface area (Å²) in [4.78, 5) is 35.4. The Kier molecular flexibility index (Phi) is 8.14. The Balaban J connectivity index is 0.000000509. The van der Waals surface area contributed by atoms with Gasteiger partial charge in [0.25, 0.3) is 0 Å². The summed E-state index contributed by atoms with van der Waals surface area (Å²) in [7, 11) is 0. The molecule has 0 saturated carbocycles. The molecule has 7 nitrogen and oxygen atoms in total. The normalized spacial score (nSPS) is 16.4. The van der Waals surface area contributed by atoms with Gasteiger partial charge in [-0.1, -0.05) is 31.2 Å². The number of amides is 2. The van der Waals surface area contributed by atoms with Gasteiger partial charge in [-0.15, -0.1) is 0 Å². The van der Waals surface area contributed by atoms with E-state index in [9.17, 15) is 35.9 Å². The second kappa shape index (κ2) is 10.3. The molecule has 13 heteroatoms. The average molecular weight is 493 g/mol. The molecule has 0 aromatic heterocycles. The van der Waals surface area contributed by atoms with Crippen LogP contribution in [-0.4, -0.2) is 53.9 Å². The number of carbonyl (C=O) groups excluding carboxylic acids is 2. The molecule has 0 unspecified atom stereocenters. The van der Waals surface area contributed by atoms with Gasteiger partial charge in [-0.2, -0.15) is 26.3 Å². The lowest BCUT2D eigenvalue weighted by atomic mass is 10.0. The van der Waals surface area contributed by atoms with E-state index in [1.807, 2.05) is 35.6 Å². The number of halogens is 6. The zero-order valence-corrected chi connectivity index (χ0v) is 17.7. The Morgan fingerprint density at radius 3 is 2.12 bits per heavy atom. The number of hydrogen-bond acceptors (Lipinski definition) is 4. The fourth-order valence-corrected chi connectivity index (χ4v) is 3.27. The number of rotatable bonds is 4. The van der Waals surface area contributed by atoms with Gasteiger partial charge in [-0.05, 0) is 34.9 Å². The Labute approximate surface area is 189 Å². The Morgan fingerprint density at radius 2 is 1.65 bits per heavy atom. The Morgan fingerprint density at radius 1 is 1.12 bits per heavy atom. The van der Waals surface area contributed by atoms with Crippen molar-refractivity contribution < 1.29 is 45.8 Å². The number of aliphatic carboxylic acids is 1. The molecule has 0 spiro atoms. The minimum absolute atomic E-state index is 0.145. The first-order valence-electron chi connectivity index (χ1n) is 9.90. The zero-order chi connectivity index (χ0) is 25.8. The van der Waals surface area contributed by atoms with Gasteiger partial charge in [0.15, 0.2) is 0 Å². The predicted molar refractivity (Wildman–Crippen MR) is 110 cm³/mol. The van der Waals surface area contributed by atoms with E-state index in [2.05, 4.69) is 0 Å². The number of carboxylic acid groups (broad SMARTS) is 1. The lowest BCUT2D eigenvalue weighted by Crippen LogP contribution is -2.53. The fourth-order valence-electron chi connectivity index (χ4n) is 3.27. The molecular weight excluding hydrogens is 472 g/mol. The molecule has 2 amide bonds. The van der Waals surface area contributed by atoms with Gasteiger partial charge in [-0.3, -0.25) is 14.5 Å². The van der Waals surface area contributed by atoms with Crippen LogP contribution in [0.15, 0.2) is 36.4 Å². The Bertz CT molecular complexity index is 1070. The number of nitrogens with zero attached hydrogens (tertiary/aromatic N) is 1. The largest absolute Gasteiger partial charge is 0.490 e. The maximum Gasteiger partial charge on any atom is 0.490 e. The van der Waals surface area contributed by atoms with Gasteiger partial charge in [0.05, 0.1) is 6.04 Å². The van der Waals surface area contributed by atoms with Gasteiger partial charge in [0, 0.05) is 12.1 Å². The highest BCUT2D eigenvalue weighted by molar-refractivity contribution is 6.07. The van der Waals surface area contributed by atoms with Crippen molar-refractivity contribution in [3.8, 4) is 0 Å². The lowest BCUT2D eigenvalue weighted by Gasteiger charge is -2.27. The maximum absolute atomic E-state index is 12.8. The number of nitrogens with two attached hydrogens (primary N) is 1. The summed E-state index contributed by atoms with van der Waals surface area (Å²) in [5, 5.41) is 10.8. The second-order valence-electron chi connectivity index (χ2n) is 7.41. The molecule has 1 aliphatic rings. The molecule has 1 aliphatic heterocycles. The van der Waals surface area contributed by atoms with Crippen molar-refractivity contribution in [3.05, 3.63) is 42.0 Å². The molecule has 34 heavy (non-hydrogen) atoms. The van der Waals surface area contributed by atoms with E-state index in [-0.39, 0.29) is 6.42 Å². The number of fused-ring (bicyclic) bond motifs is 2. The van der Waals surface area contributed by atoms with Gasteiger partial charge >= 0.3 is 18.3 Å². The third kappa shape index (κ3) is 6.59. The van der Waals surface area contributed by atoms with Gasteiger partial charge in [0.1, 0.15) is 12.6 Å². The number of hydrogen-bond donors (Lipinski definition) is 3. The van der Waals surface area contributed by atoms with Crippen LogP contribution >= 0.6 is 0 Å². The van der Waals surface area contributed by atoms with Crippen LogP contribution in [0.3, 0.4) is 0 Å². The minimum Gasteiger partial charge on any atom is -0.475 e. The molecule has 0 saturated heterocycles. The quantitative estimate of drug-likeness (QED) is 0.567. The van der Waals surface area contributed by atoms with Crippen LogP contribution in [0.2, 0.25) is 0 Å². The highest BCUT2D eigenvalue weighted by atomic mass is 19.4. The van der Waals surface area contributed by atoms with E-state index in [0.717, 1.165) is 16.3 Å². The van der Waals surface area contributed by atoms with E-state index < -0.39 is 48.8 Å². The van der Waals surface area contributed by atoms with E-state index in [4.69, 9.17) is 15.6 Å². The maximum atomic E-state index is 12.8. The highest BCUT2D eigenvalue weighted by Crippen LogP contribution is 2.36. The average Bonchev–Trinajstić information content (AvgIpc) is 3.12. The highest BCUT2D eigenvalue weighted by Gasteiger charge is 2.41. The van der Waals surface area contributed by atoms with E-state index in [1.54, 1.807) is 13.0 Å². The van der Waals surface area contributed by atoms with Crippen molar-refractivity contribution in [1.29, 1.82) is 0 Å². The molecule has 0 bridgehead atoms. The summed E-state index contributed by atoms with van der Waals surface area (Å²) in [5.41, 5.74) is 7.13.